The van der Waals surface area contributed by atoms with Crippen molar-refractivity contribution in [2.45, 2.75) is 0 Å². The van der Waals surface area contributed by atoms with Crippen LogP contribution in [0.15, 0.2) is 44.4 Å². The fraction of sp³-hybridized carbons (Fsp3) is 0.133. The minimum absolute atomic E-state index is 0.519. The van der Waals surface area contributed by atoms with E-state index in [-0.39, 0.29) is 0 Å². The second kappa shape index (κ2) is 7.85. The van der Waals surface area contributed by atoms with Crippen molar-refractivity contribution >= 4 is 55.4 Å². The number of benzene rings is 2. The van der Waals surface area contributed by atoms with E-state index in [0.29, 0.717) is 16.5 Å². The van der Waals surface area contributed by atoms with E-state index >= 15 is 0 Å². The Morgan fingerprint density at radius 1 is 1.14 bits per heavy atom. The first-order valence-electron chi connectivity index (χ1n) is 6.20. The van der Waals surface area contributed by atoms with Crippen molar-refractivity contribution in [1.29, 1.82) is 0 Å². The molecule has 0 radical (unpaired) electrons. The van der Waals surface area contributed by atoms with Crippen molar-refractivity contribution in [3.8, 4) is 11.5 Å². The molecule has 0 unspecified atom stereocenters. The summed E-state index contributed by atoms with van der Waals surface area (Å²) in [6.45, 7) is 0. The summed E-state index contributed by atoms with van der Waals surface area (Å²) >= 11 is 13.0. The van der Waals surface area contributed by atoms with Gasteiger partial charge in [-0.15, -0.1) is 0 Å². The highest BCUT2D eigenvalue weighted by molar-refractivity contribution is 9.11. The summed E-state index contributed by atoms with van der Waals surface area (Å²) < 4.78 is 12.2. The van der Waals surface area contributed by atoms with Crippen LogP contribution >= 0.6 is 43.5 Å². The maximum atomic E-state index is 6.07. The second-order valence-electron chi connectivity index (χ2n) is 4.23. The number of ether oxygens (including phenoxy) is 2. The van der Waals surface area contributed by atoms with Crippen molar-refractivity contribution in [2.75, 3.05) is 19.6 Å². The average molecular weight is 449 g/mol. The lowest BCUT2D eigenvalue weighted by Gasteiger charge is -2.08. The van der Waals surface area contributed by atoms with E-state index in [4.69, 9.17) is 21.1 Å². The van der Waals surface area contributed by atoms with Crippen LogP contribution in [0.5, 0.6) is 11.5 Å². The van der Waals surface area contributed by atoms with E-state index in [1.165, 1.54) is 0 Å². The van der Waals surface area contributed by atoms with Gasteiger partial charge < -0.3 is 9.47 Å². The van der Waals surface area contributed by atoms with Crippen LogP contribution in [0, 0.1) is 0 Å². The lowest BCUT2D eigenvalue weighted by molar-refractivity contribution is 0.411. The number of methoxy groups -OCH3 is 2. The average Bonchev–Trinajstić information content (AvgIpc) is 2.47. The number of hydrogen-bond acceptors (Lipinski definition) is 4. The Morgan fingerprint density at radius 3 is 2.55 bits per heavy atom. The Labute approximate surface area is 150 Å². The summed E-state index contributed by atoms with van der Waals surface area (Å²) in [6, 6.07) is 9.17. The maximum absolute atomic E-state index is 6.07. The molecule has 0 fully saturated rings. The van der Waals surface area contributed by atoms with Gasteiger partial charge >= 0.3 is 0 Å². The molecule has 1 N–H and O–H groups in total. The first-order chi connectivity index (χ1) is 10.5. The minimum Gasteiger partial charge on any atom is -0.495 e. The number of halogens is 3. The number of nitrogens with one attached hydrogen (secondary N) is 1. The lowest BCUT2D eigenvalue weighted by Crippen LogP contribution is -1.95. The summed E-state index contributed by atoms with van der Waals surface area (Å²) in [7, 11) is 3.19. The molecule has 7 heteroatoms. The molecular formula is C15H13Br2ClN2O2. The monoisotopic (exact) mass is 446 g/mol. The summed E-state index contributed by atoms with van der Waals surface area (Å²) in [5.74, 6) is 1.33. The molecule has 0 aliphatic heterocycles. The molecule has 0 aliphatic rings. The molecule has 22 heavy (non-hydrogen) atoms. The number of hydrazone groups is 1. The van der Waals surface area contributed by atoms with Gasteiger partial charge in [0, 0.05) is 10.0 Å². The van der Waals surface area contributed by atoms with E-state index in [1.54, 1.807) is 32.6 Å². The largest absolute Gasteiger partial charge is 0.495 e. The fourth-order valence-electron chi connectivity index (χ4n) is 1.80. The summed E-state index contributed by atoms with van der Waals surface area (Å²) in [5.41, 5.74) is 4.51. The van der Waals surface area contributed by atoms with Gasteiger partial charge in [0.15, 0.2) is 0 Å². The SMILES string of the molecule is COc1ccc(N/N=C/c2cc(Br)cc(Br)c2OC)cc1Cl. The molecule has 0 bridgehead atoms. The van der Waals surface area contributed by atoms with E-state index in [2.05, 4.69) is 42.4 Å². The number of nitrogens with zero attached hydrogens (tertiary/aromatic N) is 1. The quantitative estimate of drug-likeness (QED) is 0.497. The van der Waals surface area contributed by atoms with E-state index in [9.17, 15) is 0 Å². The van der Waals surface area contributed by atoms with Gasteiger partial charge in [0.2, 0.25) is 0 Å². The van der Waals surface area contributed by atoms with Crippen LogP contribution in [0.3, 0.4) is 0 Å². The molecule has 0 saturated heterocycles. The molecule has 0 saturated carbocycles. The molecular weight excluding hydrogens is 435 g/mol. The Kier molecular flexibility index (Phi) is 6.11. The van der Waals surface area contributed by atoms with Crippen LogP contribution in [0.1, 0.15) is 5.56 Å². The summed E-state index contributed by atoms with van der Waals surface area (Å²) in [5, 5.41) is 4.72. The van der Waals surface area contributed by atoms with Gasteiger partial charge in [-0.3, -0.25) is 5.43 Å². The van der Waals surface area contributed by atoms with Crippen LogP contribution < -0.4 is 14.9 Å². The van der Waals surface area contributed by atoms with Gasteiger partial charge in [-0.05, 0) is 46.3 Å². The second-order valence-corrected chi connectivity index (χ2v) is 6.41. The third kappa shape index (κ3) is 4.15. The van der Waals surface area contributed by atoms with Gasteiger partial charge in [0.1, 0.15) is 11.5 Å². The molecule has 0 atom stereocenters. The van der Waals surface area contributed by atoms with Crippen LogP contribution in [-0.4, -0.2) is 20.4 Å². The Morgan fingerprint density at radius 2 is 1.91 bits per heavy atom. The van der Waals surface area contributed by atoms with E-state index in [0.717, 1.165) is 20.2 Å². The summed E-state index contributed by atoms with van der Waals surface area (Å²) in [6.07, 6.45) is 1.67. The summed E-state index contributed by atoms with van der Waals surface area (Å²) in [4.78, 5) is 0. The van der Waals surface area contributed by atoms with Crippen molar-refractivity contribution < 1.29 is 9.47 Å². The lowest BCUT2D eigenvalue weighted by atomic mass is 10.2. The highest BCUT2D eigenvalue weighted by atomic mass is 79.9. The molecule has 0 heterocycles. The van der Waals surface area contributed by atoms with Crippen molar-refractivity contribution in [3.63, 3.8) is 0 Å². The minimum atomic E-state index is 0.519. The van der Waals surface area contributed by atoms with E-state index < -0.39 is 0 Å². The molecule has 0 aliphatic carbocycles. The highest BCUT2D eigenvalue weighted by Crippen LogP contribution is 2.32. The van der Waals surface area contributed by atoms with Gasteiger partial charge in [-0.1, -0.05) is 27.5 Å². The van der Waals surface area contributed by atoms with Crippen molar-refractivity contribution in [3.05, 3.63) is 49.9 Å². The maximum Gasteiger partial charge on any atom is 0.141 e. The normalized spacial score (nSPS) is 10.8. The van der Waals surface area contributed by atoms with Crippen LogP contribution in [0.2, 0.25) is 5.02 Å². The molecule has 2 aromatic carbocycles. The van der Waals surface area contributed by atoms with Gasteiger partial charge in [0.25, 0.3) is 0 Å². The van der Waals surface area contributed by atoms with Crippen LogP contribution in [0.25, 0.3) is 0 Å². The smallest absolute Gasteiger partial charge is 0.141 e. The molecule has 0 spiro atoms. The van der Waals surface area contributed by atoms with Gasteiger partial charge in [-0.2, -0.15) is 5.10 Å². The number of rotatable bonds is 5. The first kappa shape index (κ1) is 17.1. The zero-order chi connectivity index (χ0) is 16.1. The molecule has 2 aromatic rings. The van der Waals surface area contributed by atoms with Crippen LogP contribution in [0.4, 0.5) is 5.69 Å². The zero-order valence-electron chi connectivity index (χ0n) is 11.9. The molecule has 4 nitrogen and oxygen atoms in total. The Balaban J connectivity index is 2.18. The topological polar surface area (TPSA) is 42.8 Å². The predicted molar refractivity (Wildman–Crippen MR) is 97.6 cm³/mol. The third-order valence-corrected chi connectivity index (χ3v) is 4.13. The van der Waals surface area contributed by atoms with Gasteiger partial charge in [0.05, 0.1) is 35.6 Å². The number of anilines is 1. The predicted octanol–water partition coefficient (Wildman–Crippen LogP) is 5.33. The Hall–Kier alpha value is -1.24. The van der Waals surface area contributed by atoms with E-state index in [1.807, 2.05) is 18.2 Å². The Bertz CT molecular complexity index is 708. The molecule has 0 aromatic heterocycles. The third-order valence-electron chi connectivity index (χ3n) is 2.79. The van der Waals surface area contributed by atoms with Crippen LogP contribution in [-0.2, 0) is 0 Å². The molecule has 116 valence electrons. The fourth-order valence-corrected chi connectivity index (χ4v) is 3.48. The number of hydrogen-bond donors (Lipinski definition) is 1. The molecule has 2 rings (SSSR count). The van der Waals surface area contributed by atoms with Gasteiger partial charge in [-0.25, -0.2) is 0 Å². The first-order valence-corrected chi connectivity index (χ1v) is 8.17. The van der Waals surface area contributed by atoms with Crippen molar-refractivity contribution in [1.82, 2.24) is 0 Å². The standard InChI is InChI=1S/C15H13Br2ClN2O2/c1-21-14-4-3-11(7-13(14)18)20-19-8-9-5-10(16)6-12(17)15(9)22-2/h3-8,20H,1-2H3/b19-8+. The van der Waals surface area contributed by atoms with Crippen molar-refractivity contribution in [2.24, 2.45) is 5.10 Å². The highest BCUT2D eigenvalue weighted by Gasteiger charge is 2.07. The molecule has 0 amide bonds. The zero-order valence-corrected chi connectivity index (χ0v) is 15.8.